The first-order valence-corrected chi connectivity index (χ1v) is 13.0. The lowest BCUT2D eigenvalue weighted by Gasteiger charge is -2.26. The Morgan fingerprint density at radius 2 is 1.89 bits per heavy atom. The van der Waals surface area contributed by atoms with Gasteiger partial charge in [-0.15, -0.1) is 15.0 Å². The molecule has 4 rings (SSSR count). The van der Waals surface area contributed by atoms with E-state index in [1.807, 2.05) is 48.5 Å². The Bertz CT molecular complexity index is 1120. The summed E-state index contributed by atoms with van der Waals surface area (Å²) in [6, 6.07) is 15.9. The van der Waals surface area contributed by atoms with Crippen LogP contribution in [0.1, 0.15) is 57.7 Å². The van der Waals surface area contributed by atoms with Crippen molar-refractivity contribution in [1.82, 2.24) is 25.2 Å². The highest BCUT2D eigenvalue weighted by atomic mass is 32.2. The second kappa shape index (κ2) is 12.5. The summed E-state index contributed by atoms with van der Waals surface area (Å²) in [4.78, 5) is 7.15. The van der Waals surface area contributed by atoms with E-state index in [1.165, 1.54) is 11.8 Å². The van der Waals surface area contributed by atoms with Gasteiger partial charge in [0.25, 0.3) is 0 Å². The minimum atomic E-state index is -0.169. The van der Waals surface area contributed by atoms with Gasteiger partial charge in [-0.25, -0.2) is 4.98 Å². The third-order valence-corrected chi connectivity index (χ3v) is 6.72. The lowest BCUT2D eigenvalue weighted by atomic mass is 9.93. The fourth-order valence-corrected chi connectivity index (χ4v) is 4.71. The number of aliphatic hydroxyl groups excluding tert-OH is 1. The topological polar surface area (TPSA) is 101 Å². The second-order valence-electron chi connectivity index (χ2n) is 8.66. The number of para-hydroxylation sites is 1. The number of nitrogens with one attached hydrogen (secondary N) is 2. The third-order valence-electron chi connectivity index (χ3n) is 5.81. The molecule has 1 aliphatic rings. The van der Waals surface area contributed by atoms with Crippen molar-refractivity contribution in [2.24, 2.45) is 0 Å². The van der Waals surface area contributed by atoms with Crippen LogP contribution >= 0.6 is 11.8 Å². The molecule has 0 unspecified atom stereocenters. The van der Waals surface area contributed by atoms with Gasteiger partial charge in [-0.3, -0.25) is 0 Å². The fourth-order valence-electron chi connectivity index (χ4n) is 3.91. The first-order chi connectivity index (χ1) is 17.1. The Hall–Kier alpha value is -3.17. The molecule has 9 heteroatoms. The second-order valence-corrected chi connectivity index (χ2v) is 9.79. The highest BCUT2D eigenvalue weighted by Crippen LogP contribution is 2.32. The van der Waals surface area contributed by atoms with Crippen LogP contribution in [0.15, 0.2) is 66.2 Å². The molecule has 2 aromatic heterocycles. The predicted octanol–water partition coefficient (Wildman–Crippen LogP) is 5.62. The van der Waals surface area contributed by atoms with Gasteiger partial charge in [-0.2, -0.15) is 0 Å². The van der Waals surface area contributed by atoms with Crippen LogP contribution in [0.25, 0.3) is 10.6 Å². The van der Waals surface area contributed by atoms with E-state index in [4.69, 9.17) is 4.98 Å². The Morgan fingerprint density at radius 3 is 2.66 bits per heavy atom. The minimum Gasteiger partial charge on any atom is -0.393 e. The van der Waals surface area contributed by atoms with Gasteiger partial charge in [-0.05, 0) is 61.6 Å². The van der Waals surface area contributed by atoms with Gasteiger partial charge in [0.05, 0.1) is 21.7 Å². The first-order valence-electron chi connectivity index (χ1n) is 12.2. The Labute approximate surface area is 210 Å². The van der Waals surface area contributed by atoms with Crippen LogP contribution in [-0.2, 0) is 0 Å². The molecule has 0 bridgehead atoms. The lowest BCUT2D eigenvalue weighted by Crippen LogP contribution is -2.28. The van der Waals surface area contributed by atoms with E-state index in [0.717, 1.165) is 72.2 Å². The van der Waals surface area contributed by atoms with Gasteiger partial charge < -0.3 is 15.7 Å². The van der Waals surface area contributed by atoms with Crippen molar-refractivity contribution in [3.05, 3.63) is 72.0 Å². The van der Waals surface area contributed by atoms with Crippen LogP contribution in [0.4, 0.5) is 11.6 Å². The molecule has 0 atom stereocenters. The van der Waals surface area contributed by atoms with Crippen LogP contribution in [0.2, 0.25) is 0 Å². The summed E-state index contributed by atoms with van der Waals surface area (Å²) in [6.45, 7) is 6.38. The number of unbranched alkanes of at least 4 members (excludes halogenated alkanes) is 2. The molecule has 0 saturated heterocycles. The zero-order valence-corrected chi connectivity index (χ0v) is 20.9. The average molecular weight is 492 g/mol. The highest BCUT2D eigenvalue weighted by molar-refractivity contribution is 8.11. The third kappa shape index (κ3) is 7.40. The molecule has 35 heavy (non-hydrogen) atoms. The monoisotopic (exact) mass is 491 g/mol. The number of hydrogen-bond donors (Lipinski definition) is 3. The standard InChI is InChI=1S/C26H33N7OS/c1-3-4-6-12-23(26-30-32-33(31-26)21-10-7-5-8-11-21)35-19(2)27-24-13-9-14-25(29-24)28-20-15-17-22(34)18-16-20/h5,7-14,20,22,34H,2-4,6,15-18H2,1H3,(H2,27,28,29)/b23-12-. The van der Waals surface area contributed by atoms with E-state index >= 15 is 0 Å². The van der Waals surface area contributed by atoms with E-state index in [-0.39, 0.29) is 6.10 Å². The predicted molar refractivity (Wildman–Crippen MR) is 143 cm³/mol. The SMILES string of the molecule is C=C(Nc1cccc(NC2CCC(O)CC2)n1)S/C(=C\CCCC)c1nnn(-c2ccccc2)n1. The van der Waals surface area contributed by atoms with Crippen LogP contribution in [0.3, 0.4) is 0 Å². The van der Waals surface area contributed by atoms with Gasteiger partial charge >= 0.3 is 0 Å². The van der Waals surface area contributed by atoms with E-state index < -0.39 is 0 Å². The number of anilines is 2. The van der Waals surface area contributed by atoms with Gasteiger partial charge in [-0.1, -0.05) is 68.4 Å². The molecule has 3 N–H and O–H groups in total. The summed E-state index contributed by atoms with van der Waals surface area (Å²) in [6.07, 6.45) is 8.68. The molecule has 0 amide bonds. The van der Waals surface area contributed by atoms with Crippen molar-refractivity contribution in [2.75, 3.05) is 10.6 Å². The molecule has 0 aliphatic heterocycles. The van der Waals surface area contributed by atoms with Gasteiger partial charge in [0, 0.05) is 6.04 Å². The zero-order valence-electron chi connectivity index (χ0n) is 20.1. The maximum atomic E-state index is 9.73. The minimum absolute atomic E-state index is 0.169. The molecule has 1 aliphatic carbocycles. The van der Waals surface area contributed by atoms with Crippen LogP contribution < -0.4 is 10.6 Å². The Balaban J connectivity index is 1.41. The number of allylic oxidation sites excluding steroid dienone is 1. The molecule has 1 saturated carbocycles. The molecule has 0 radical (unpaired) electrons. The van der Waals surface area contributed by atoms with E-state index in [2.05, 4.69) is 45.6 Å². The molecular formula is C26H33N7OS. The summed E-state index contributed by atoms with van der Waals surface area (Å²) < 4.78 is 0. The van der Waals surface area contributed by atoms with Crippen molar-refractivity contribution in [1.29, 1.82) is 0 Å². The molecule has 184 valence electrons. The zero-order chi connectivity index (χ0) is 24.5. The first kappa shape index (κ1) is 24.9. The maximum Gasteiger partial charge on any atom is 0.211 e. The molecule has 1 aromatic carbocycles. The number of aliphatic hydroxyl groups is 1. The fraction of sp³-hybridized carbons (Fsp3) is 0.385. The van der Waals surface area contributed by atoms with Gasteiger partial charge in [0.15, 0.2) is 0 Å². The molecule has 2 heterocycles. The smallest absolute Gasteiger partial charge is 0.211 e. The van der Waals surface area contributed by atoms with Crippen molar-refractivity contribution in [3.8, 4) is 5.69 Å². The maximum absolute atomic E-state index is 9.73. The largest absolute Gasteiger partial charge is 0.393 e. The molecule has 8 nitrogen and oxygen atoms in total. The number of hydrogen-bond acceptors (Lipinski definition) is 8. The number of aromatic nitrogens is 5. The van der Waals surface area contributed by atoms with Crippen LogP contribution in [0.5, 0.6) is 0 Å². The summed E-state index contributed by atoms with van der Waals surface area (Å²) in [5.74, 6) is 2.11. The molecule has 3 aromatic rings. The number of tetrazole rings is 1. The van der Waals surface area contributed by atoms with E-state index in [9.17, 15) is 5.11 Å². The summed E-state index contributed by atoms with van der Waals surface area (Å²) in [5, 5.41) is 30.4. The number of nitrogens with zero attached hydrogens (tertiary/aromatic N) is 5. The van der Waals surface area contributed by atoms with Crippen molar-refractivity contribution < 1.29 is 5.11 Å². The van der Waals surface area contributed by atoms with Crippen LogP contribution in [0, 0.1) is 0 Å². The van der Waals surface area contributed by atoms with E-state index in [1.54, 1.807) is 4.80 Å². The van der Waals surface area contributed by atoms with Crippen molar-refractivity contribution >= 4 is 28.3 Å². The quantitative estimate of drug-likeness (QED) is 0.297. The van der Waals surface area contributed by atoms with Crippen molar-refractivity contribution in [2.45, 2.75) is 64.0 Å². The summed E-state index contributed by atoms with van der Waals surface area (Å²) >= 11 is 1.48. The number of rotatable bonds is 11. The van der Waals surface area contributed by atoms with Gasteiger partial charge in [0.1, 0.15) is 11.6 Å². The number of benzene rings is 1. The summed E-state index contributed by atoms with van der Waals surface area (Å²) in [7, 11) is 0. The number of pyridine rings is 1. The Kier molecular flexibility index (Phi) is 8.91. The highest BCUT2D eigenvalue weighted by Gasteiger charge is 2.19. The average Bonchev–Trinajstić information content (AvgIpc) is 3.36. The molecular weight excluding hydrogens is 458 g/mol. The Morgan fingerprint density at radius 1 is 1.11 bits per heavy atom. The molecule has 1 fully saturated rings. The van der Waals surface area contributed by atoms with Crippen LogP contribution in [-0.4, -0.2) is 42.4 Å². The van der Waals surface area contributed by atoms with Crippen molar-refractivity contribution in [3.63, 3.8) is 0 Å². The normalized spacial score (nSPS) is 18.3. The lowest BCUT2D eigenvalue weighted by molar-refractivity contribution is 0.126. The van der Waals surface area contributed by atoms with E-state index in [0.29, 0.717) is 11.9 Å². The van der Waals surface area contributed by atoms with Gasteiger partial charge in [0.2, 0.25) is 5.82 Å². The summed E-state index contributed by atoms with van der Waals surface area (Å²) in [5.41, 5.74) is 0.863. The molecule has 0 spiro atoms. The number of thioether (sulfide) groups is 1.